The van der Waals surface area contributed by atoms with Gasteiger partial charge in [0.15, 0.2) is 0 Å². The molecule has 0 saturated heterocycles. The number of rotatable bonds is 8. The molecule has 1 rings (SSSR count). The smallest absolute Gasteiger partial charge is 0.225 e. The van der Waals surface area contributed by atoms with Gasteiger partial charge in [-0.05, 0) is 12.5 Å². The van der Waals surface area contributed by atoms with Gasteiger partial charge in [0.05, 0.1) is 6.42 Å². The van der Waals surface area contributed by atoms with Crippen molar-refractivity contribution in [3.05, 3.63) is 29.5 Å². The van der Waals surface area contributed by atoms with Gasteiger partial charge in [0.25, 0.3) is 0 Å². The second kappa shape index (κ2) is 7.95. The number of carbonyl (C=O) groups is 1. The van der Waals surface area contributed by atoms with E-state index in [1.165, 1.54) is 25.7 Å². The number of unbranched alkanes of at least 4 members (excludes halogenated alkanes) is 4. The SMILES string of the molecule is CCCCCCCNC(=O)CC1=C=CC=C1. The lowest BCUT2D eigenvalue weighted by atomic mass is 10.1. The average molecular weight is 219 g/mol. The lowest BCUT2D eigenvalue weighted by Gasteiger charge is -2.04. The number of nitrogens with one attached hydrogen (secondary N) is 1. The molecular formula is C14H21NO. The van der Waals surface area contributed by atoms with Gasteiger partial charge in [0, 0.05) is 12.1 Å². The first kappa shape index (κ1) is 12.8. The molecule has 0 spiro atoms. The zero-order valence-electron chi connectivity index (χ0n) is 10.1. The fraction of sp³-hybridized carbons (Fsp3) is 0.571. The molecule has 2 heteroatoms. The van der Waals surface area contributed by atoms with E-state index in [0.29, 0.717) is 6.42 Å². The predicted molar refractivity (Wildman–Crippen MR) is 67.1 cm³/mol. The van der Waals surface area contributed by atoms with E-state index in [4.69, 9.17) is 0 Å². The molecule has 1 aliphatic rings. The van der Waals surface area contributed by atoms with E-state index >= 15 is 0 Å². The Morgan fingerprint density at radius 1 is 1.31 bits per heavy atom. The Hall–Kier alpha value is -1.27. The van der Waals surface area contributed by atoms with Crippen LogP contribution in [-0.4, -0.2) is 12.5 Å². The van der Waals surface area contributed by atoms with Crippen molar-refractivity contribution in [2.75, 3.05) is 6.54 Å². The standard InChI is InChI=1S/C14H21NO/c1-2-3-4-5-8-11-15-14(16)12-13-9-6-7-10-13/h6-7,9H,2-5,8,11-12H2,1H3,(H,15,16). The van der Waals surface area contributed by atoms with Crippen molar-refractivity contribution in [2.24, 2.45) is 0 Å². The van der Waals surface area contributed by atoms with Gasteiger partial charge in [-0.25, -0.2) is 0 Å². The van der Waals surface area contributed by atoms with E-state index in [2.05, 4.69) is 18.0 Å². The molecule has 0 saturated carbocycles. The van der Waals surface area contributed by atoms with Crippen LogP contribution >= 0.6 is 0 Å². The summed E-state index contributed by atoms with van der Waals surface area (Å²) in [7, 11) is 0. The van der Waals surface area contributed by atoms with E-state index < -0.39 is 0 Å². The molecule has 0 fully saturated rings. The first-order valence-corrected chi connectivity index (χ1v) is 6.22. The maximum Gasteiger partial charge on any atom is 0.225 e. The van der Waals surface area contributed by atoms with Crippen molar-refractivity contribution >= 4 is 5.91 Å². The molecule has 88 valence electrons. The summed E-state index contributed by atoms with van der Waals surface area (Å²) in [6, 6.07) is 0. The topological polar surface area (TPSA) is 29.1 Å². The summed E-state index contributed by atoms with van der Waals surface area (Å²) < 4.78 is 0. The normalized spacial score (nSPS) is 12.9. The Kier molecular flexibility index (Phi) is 6.36. The van der Waals surface area contributed by atoms with Gasteiger partial charge >= 0.3 is 0 Å². The minimum atomic E-state index is 0.109. The molecule has 2 nitrogen and oxygen atoms in total. The van der Waals surface area contributed by atoms with Crippen molar-refractivity contribution in [3.8, 4) is 0 Å². The molecule has 0 radical (unpaired) electrons. The molecule has 0 unspecified atom stereocenters. The van der Waals surface area contributed by atoms with Crippen LogP contribution in [0.25, 0.3) is 0 Å². The largest absolute Gasteiger partial charge is 0.356 e. The van der Waals surface area contributed by atoms with Crippen molar-refractivity contribution in [2.45, 2.75) is 45.4 Å². The predicted octanol–water partition coefficient (Wildman–Crippen LogP) is 3.11. The summed E-state index contributed by atoms with van der Waals surface area (Å²) in [4.78, 5) is 11.5. The Balaban J connectivity index is 1.98. The van der Waals surface area contributed by atoms with Crippen molar-refractivity contribution in [1.29, 1.82) is 0 Å². The van der Waals surface area contributed by atoms with E-state index in [0.717, 1.165) is 18.5 Å². The fourth-order valence-electron chi connectivity index (χ4n) is 1.67. The van der Waals surface area contributed by atoms with Crippen LogP contribution < -0.4 is 5.32 Å². The summed E-state index contributed by atoms with van der Waals surface area (Å²) >= 11 is 0. The van der Waals surface area contributed by atoms with Crippen LogP contribution in [0.2, 0.25) is 0 Å². The number of allylic oxidation sites excluding steroid dienone is 2. The van der Waals surface area contributed by atoms with Gasteiger partial charge in [-0.3, -0.25) is 4.79 Å². The maximum absolute atomic E-state index is 11.5. The molecule has 1 aliphatic carbocycles. The second-order valence-electron chi connectivity index (χ2n) is 4.14. The van der Waals surface area contributed by atoms with Gasteiger partial charge in [-0.15, -0.1) is 5.73 Å². The first-order valence-electron chi connectivity index (χ1n) is 6.22. The molecule has 0 aromatic rings. The Morgan fingerprint density at radius 3 is 2.81 bits per heavy atom. The number of hydrogen-bond acceptors (Lipinski definition) is 1. The zero-order chi connectivity index (χ0) is 11.6. The van der Waals surface area contributed by atoms with E-state index in [9.17, 15) is 4.79 Å². The number of carbonyl (C=O) groups excluding carboxylic acids is 1. The van der Waals surface area contributed by atoms with E-state index in [-0.39, 0.29) is 5.91 Å². The zero-order valence-corrected chi connectivity index (χ0v) is 10.1. The summed E-state index contributed by atoms with van der Waals surface area (Å²) in [5.74, 6) is 0.109. The van der Waals surface area contributed by atoms with Gasteiger partial charge in [0.1, 0.15) is 0 Å². The van der Waals surface area contributed by atoms with Gasteiger partial charge in [0.2, 0.25) is 5.91 Å². The van der Waals surface area contributed by atoms with Crippen LogP contribution in [0.15, 0.2) is 29.5 Å². The summed E-state index contributed by atoms with van der Waals surface area (Å²) in [5, 5.41) is 2.94. The summed E-state index contributed by atoms with van der Waals surface area (Å²) in [5.41, 5.74) is 4.00. The minimum Gasteiger partial charge on any atom is -0.356 e. The average Bonchev–Trinajstić information content (AvgIpc) is 2.76. The number of hydrogen-bond donors (Lipinski definition) is 1. The molecule has 0 aliphatic heterocycles. The van der Waals surface area contributed by atoms with Crippen molar-refractivity contribution < 1.29 is 4.79 Å². The molecular weight excluding hydrogens is 198 g/mol. The third-order valence-electron chi connectivity index (χ3n) is 2.62. The molecule has 0 atom stereocenters. The van der Waals surface area contributed by atoms with Crippen molar-refractivity contribution in [1.82, 2.24) is 5.32 Å². The van der Waals surface area contributed by atoms with Crippen LogP contribution in [-0.2, 0) is 4.79 Å². The maximum atomic E-state index is 11.5. The third-order valence-corrected chi connectivity index (χ3v) is 2.62. The monoisotopic (exact) mass is 219 g/mol. The molecule has 16 heavy (non-hydrogen) atoms. The highest BCUT2D eigenvalue weighted by Gasteiger charge is 2.03. The molecule has 0 heterocycles. The summed E-state index contributed by atoms with van der Waals surface area (Å²) in [6.45, 7) is 3.02. The fourth-order valence-corrected chi connectivity index (χ4v) is 1.67. The van der Waals surface area contributed by atoms with Crippen LogP contribution in [0, 0.1) is 0 Å². The highest BCUT2D eigenvalue weighted by atomic mass is 16.1. The molecule has 0 aromatic carbocycles. The first-order chi connectivity index (χ1) is 7.83. The molecule has 0 bridgehead atoms. The van der Waals surface area contributed by atoms with Crippen LogP contribution in [0.5, 0.6) is 0 Å². The minimum absolute atomic E-state index is 0.109. The highest BCUT2D eigenvalue weighted by molar-refractivity contribution is 5.79. The van der Waals surface area contributed by atoms with E-state index in [1.807, 2.05) is 18.2 Å². The Labute approximate surface area is 98.1 Å². The van der Waals surface area contributed by atoms with Crippen LogP contribution in [0.4, 0.5) is 0 Å². The lowest BCUT2D eigenvalue weighted by Crippen LogP contribution is -2.24. The Morgan fingerprint density at radius 2 is 2.12 bits per heavy atom. The molecule has 1 N–H and O–H groups in total. The third kappa shape index (κ3) is 5.57. The highest BCUT2D eigenvalue weighted by Crippen LogP contribution is 2.06. The van der Waals surface area contributed by atoms with Crippen LogP contribution in [0.3, 0.4) is 0 Å². The lowest BCUT2D eigenvalue weighted by molar-refractivity contribution is -0.120. The summed E-state index contributed by atoms with van der Waals surface area (Å²) in [6.07, 6.45) is 12.3. The van der Waals surface area contributed by atoms with Crippen LogP contribution in [0.1, 0.15) is 45.4 Å². The van der Waals surface area contributed by atoms with Gasteiger partial charge < -0.3 is 5.32 Å². The molecule has 0 aromatic heterocycles. The second-order valence-corrected chi connectivity index (χ2v) is 4.14. The Bertz CT molecular complexity index is 309. The van der Waals surface area contributed by atoms with E-state index in [1.54, 1.807) is 0 Å². The van der Waals surface area contributed by atoms with Gasteiger partial charge in [-0.1, -0.05) is 44.8 Å². The van der Waals surface area contributed by atoms with Crippen molar-refractivity contribution in [3.63, 3.8) is 0 Å². The number of amides is 1. The molecule has 1 amide bonds. The van der Waals surface area contributed by atoms with Gasteiger partial charge in [-0.2, -0.15) is 0 Å². The quantitative estimate of drug-likeness (QED) is 0.493.